The van der Waals surface area contributed by atoms with Crippen molar-refractivity contribution >= 4 is 11.9 Å². The van der Waals surface area contributed by atoms with Gasteiger partial charge in [0.2, 0.25) is 0 Å². The van der Waals surface area contributed by atoms with Crippen molar-refractivity contribution in [2.75, 3.05) is 14.1 Å². The van der Waals surface area contributed by atoms with Gasteiger partial charge in [-0.2, -0.15) is 0 Å². The van der Waals surface area contributed by atoms with Gasteiger partial charge in [-0.25, -0.2) is 0 Å². The van der Waals surface area contributed by atoms with E-state index in [9.17, 15) is 0 Å². The van der Waals surface area contributed by atoms with Gasteiger partial charge in [0.25, 0.3) is 0 Å². The van der Waals surface area contributed by atoms with Gasteiger partial charge in [0.15, 0.2) is 0 Å². The van der Waals surface area contributed by atoms with E-state index in [0.717, 1.165) is 12.1 Å². The Hall–Kier alpha value is -2.61. The topological polar surface area (TPSA) is 15.6 Å². The Morgan fingerprint density at radius 3 is 2.38 bits per heavy atom. The Morgan fingerprint density at radius 1 is 1.04 bits per heavy atom. The maximum atomic E-state index is 4.79. The summed E-state index contributed by atoms with van der Waals surface area (Å²) in [5.74, 6) is 0.347. The molecule has 134 valence electrons. The number of hydrogen-bond donors (Lipinski definition) is 0. The quantitative estimate of drug-likeness (QED) is 0.639. The first-order valence-corrected chi connectivity index (χ1v) is 9.21. The SMILES string of the molecule is Cc1cc(C)c(N=CCc2ccccc2C2C=CC(N(C)C)=C2)c(C)c1. The van der Waals surface area contributed by atoms with Crippen molar-refractivity contribution in [3.8, 4) is 0 Å². The standard InChI is InChI=1S/C24H28N2/c1-17-14-18(2)24(19(3)15-17)25-13-12-20-8-6-7-9-23(20)21-10-11-22(16-21)26(4)5/h6-11,13-16,21H,12H2,1-5H3. The minimum Gasteiger partial charge on any atom is -0.378 e. The van der Waals surface area contributed by atoms with E-state index in [4.69, 9.17) is 4.99 Å². The number of nitrogens with zero attached hydrogens (tertiary/aromatic N) is 2. The molecule has 1 aliphatic rings. The highest BCUT2D eigenvalue weighted by Gasteiger charge is 2.15. The van der Waals surface area contributed by atoms with E-state index in [2.05, 4.69) is 101 Å². The van der Waals surface area contributed by atoms with Crippen LogP contribution >= 0.6 is 0 Å². The van der Waals surface area contributed by atoms with Crippen molar-refractivity contribution in [2.45, 2.75) is 33.1 Å². The van der Waals surface area contributed by atoms with Crippen LogP contribution in [0.1, 0.15) is 33.7 Å². The molecule has 26 heavy (non-hydrogen) atoms. The van der Waals surface area contributed by atoms with Crippen molar-refractivity contribution in [1.29, 1.82) is 0 Å². The number of aryl methyl sites for hydroxylation is 3. The summed E-state index contributed by atoms with van der Waals surface area (Å²) in [4.78, 5) is 6.94. The van der Waals surface area contributed by atoms with Crippen LogP contribution in [0.25, 0.3) is 0 Å². The summed E-state index contributed by atoms with van der Waals surface area (Å²) in [5.41, 5.74) is 8.84. The van der Waals surface area contributed by atoms with Crippen LogP contribution < -0.4 is 0 Å². The van der Waals surface area contributed by atoms with Gasteiger partial charge < -0.3 is 4.90 Å². The summed E-state index contributed by atoms with van der Waals surface area (Å²) in [6.07, 6.45) is 9.70. The second kappa shape index (κ2) is 7.74. The minimum absolute atomic E-state index is 0.347. The van der Waals surface area contributed by atoms with Crippen molar-refractivity contribution in [1.82, 2.24) is 4.90 Å². The molecule has 0 radical (unpaired) electrons. The van der Waals surface area contributed by atoms with Crippen molar-refractivity contribution in [3.05, 3.63) is 88.1 Å². The van der Waals surface area contributed by atoms with Gasteiger partial charge in [0.1, 0.15) is 0 Å². The lowest BCUT2D eigenvalue weighted by molar-refractivity contribution is 0.530. The lowest BCUT2D eigenvalue weighted by Crippen LogP contribution is -2.08. The largest absolute Gasteiger partial charge is 0.378 e. The Balaban J connectivity index is 1.81. The zero-order valence-corrected chi connectivity index (χ0v) is 16.5. The number of allylic oxidation sites excluding steroid dienone is 3. The molecule has 2 nitrogen and oxygen atoms in total. The average Bonchev–Trinajstić information content (AvgIpc) is 3.08. The highest BCUT2D eigenvalue weighted by molar-refractivity contribution is 5.70. The third-order valence-corrected chi connectivity index (χ3v) is 4.92. The molecule has 0 spiro atoms. The highest BCUT2D eigenvalue weighted by Crippen LogP contribution is 2.30. The van der Waals surface area contributed by atoms with Crippen LogP contribution in [-0.2, 0) is 6.42 Å². The first kappa shape index (κ1) is 18.2. The molecule has 2 aromatic rings. The normalized spacial score (nSPS) is 16.3. The van der Waals surface area contributed by atoms with Crippen LogP contribution in [0.4, 0.5) is 5.69 Å². The third kappa shape index (κ3) is 3.96. The van der Waals surface area contributed by atoms with E-state index in [-0.39, 0.29) is 0 Å². The first-order chi connectivity index (χ1) is 12.5. The number of rotatable bonds is 5. The Bertz CT molecular complexity index is 862. The highest BCUT2D eigenvalue weighted by atomic mass is 15.1. The molecule has 0 heterocycles. The molecule has 0 aromatic heterocycles. The van der Waals surface area contributed by atoms with Gasteiger partial charge in [-0.15, -0.1) is 0 Å². The maximum absolute atomic E-state index is 4.79. The molecule has 1 unspecified atom stereocenters. The summed E-state index contributed by atoms with van der Waals surface area (Å²) in [5, 5.41) is 0. The summed E-state index contributed by atoms with van der Waals surface area (Å²) in [7, 11) is 4.17. The molecule has 1 atom stereocenters. The van der Waals surface area contributed by atoms with Crippen LogP contribution in [0.2, 0.25) is 0 Å². The fourth-order valence-electron chi connectivity index (χ4n) is 3.65. The van der Waals surface area contributed by atoms with Crippen LogP contribution in [0.3, 0.4) is 0 Å². The van der Waals surface area contributed by atoms with Crippen molar-refractivity contribution in [3.63, 3.8) is 0 Å². The molecular formula is C24H28N2. The summed E-state index contributed by atoms with van der Waals surface area (Å²) >= 11 is 0. The average molecular weight is 345 g/mol. The number of likely N-dealkylation sites (N-methyl/N-ethyl adjacent to an activating group) is 1. The van der Waals surface area contributed by atoms with Gasteiger partial charge in [0, 0.05) is 38.3 Å². The maximum Gasteiger partial charge on any atom is 0.0684 e. The first-order valence-electron chi connectivity index (χ1n) is 9.21. The molecule has 0 aliphatic heterocycles. The smallest absolute Gasteiger partial charge is 0.0684 e. The number of hydrogen-bond acceptors (Lipinski definition) is 2. The van der Waals surface area contributed by atoms with E-state index in [1.54, 1.807) is 0 Å². The van der Waals surface area contributed by atoms with E-state index in [0.29, 0.717) is 5.92 Å². The van der Waals surface area contributed by atoms with Gasteiger partial charge in [-0.05, 0) is 55.2 Å². The Labute approximate surface area is 157 Å². The van der Waals surface area contributed by atoms with E-state index in [1.807, 2.05) is 0 Å². The summed E-state index contributed by atoms with van der Waals surface area (Å²) in [6, 6.07) is 13.1. The monoisotopic (exact) mass is 344 g/mol. The molecule has 0 N–H and O–H groups in total. The molecule has 2 heteroatoms. The van der Waals surface area contributed by atoms with E-state index < -0.39 is 0 Å². The zero-order valence-electron chi connectivity index (χ0n) is 16.5. The van der Waals surface area contributed by atoms with Crippen molar-refractivity contribution < 1.29 is 0 Å². The predicted octanol–water partition coefficient (Wildman–Crippen LogP) is 5.66. The van der Waals surface area contributed by atoms with Gasteiger partial charge >= 0.3 is 0 Å². The number of aliphatic imine (C=N–C) groups is 1. The molecule has 0 saturated heterocycles. The molecule has 0 amide bonds. The fourth-order valence-corrected chi connectivity index (χ4v) is 3.65. The lowest BCUT2D eigenvalue weighted by Gasteiger charge is -2.13. The fraction of sp³-hybridized carbons (Fsp3) is 0.292. The summed E-state index contributed by atoms with van der Waals surface area (Å²) in [6.45, 7) is 6.41. The van der Waals surface area contributed by atoms with Crippen LogP contribution in [0.15, 0.2) is 65.3 Å². The van der Waals surface area contributed by atoms with Gasteiger partial charge in [-0.1, -0.05) is 48.0 Å². The van der Waals surface area contributed by atoms with E-state index in [1.165, 1.54) is 33.5 Å². The Kier molecular flexibility index (Phi) is 5.41. The lowest BCUT2D eigenvalue weighted by atomic mass is 9.94. The van der Waals surface area contributed by atoms with Gasteiger partial charge in [0.05, 0.1) is 5.69 Å². The molecule has 0 saturated carbocycles. The second-order valence-corrected chi connectivity index (χ2v) is 7.33. The van der Waals surface area contributed by atoms with Crippen LogP contribution in [-0.4, -0.2) is 25.2 Å². The molecule has 2 aromatic carbocycles. The van der Waals surface area contributed by atoms with Crippen LogP contribution in [0.5, 0.6) is 0 Å². The molecule has 0 fully saturated rings. The van der Waals surface area contributed by atoms with Crippen LogP contribution in [0, 0.1) is 20.8 Å². The number of benzene rings is 2. The Morgan fingerprint density at radius 2 is 1.73 bits per heavy atom. The van der Waals surface area contributed by atoms with E-state index >= 15 is 0 Å². The zero-order chi connectivity index (χ0) is 18.7. The molecule has 1 aliphatic carbocycles. The third-order valence-electron chi connectivity index (χ3n) is 4.92. The molecule has 0 bridgehead atoms. The second-order valence-electron chi connectivity index (χ2n) is 7.33. The molecule has 3 rings (SSSR count). The molecular weight excluding hydrogens is 316 g/mol. The predicted molar refractivity (Wildman–Crippen MR) is 113 cm³/mol. The summed E-state index contributed by atoms with van der Waals surface area (Å²) < 4.78 is 0. The van der Waals surface area contributed by atoms with Crippen molar-refractivity contribution in [2.24, 2.45) is 4.99 Å². The van der Waals surface area contributed by atoms with Gasteiger partial charge in [-0.3, -0.25) is 4.99 Å². The minimum atomic E-state index is 0.347.